The first kappa shape index (κ1) is 20.9. The van der Waals surface area contributed by atoms with Crippen molar-refractivity contribution in [2.24, 2.45) is 16.8 Å². The highest BCUT2D eigenvalue weighted by Crippen LogP contribution is 2.35. The Bertz CT molecular complexity index is 1010. The number of rotatable bonds is 7. The predicted octanol–water partition coefficient (Wildman–Crippen LogP) is 3.39. The van der Waals surface area contributed by atoms with Gasteiger partial charge in [0.25, 0.3) is 0 Å². The zero-order valence-corrected chi connectivity index (χ0v) is 16.4. The van der Waals surface area contributed by atoms with Gasteiger partial charge in [0, 0.05) is 21.2 Å². The van der Waals surface area contributed by atoms with Gasteiger partial charge in [0.15, 0.2) is 5.12 Å². The van der Waals surface area contributed by atoms with Crippen LogP contribution in [0.25, 0.3) is 21.4 Å². The summed E-state index contributed by atoms with van der Waals surface area (Å²) in [5, 5.41) is 2.90. The summed E-state index contributed by atoms with van der Waals surface area (Å²) < 4.78 is 5.33. The van der Waals surface area contributed by atoms with Crippen molar-refractivity contribution >= 4 is 52.9 Å². The molecule has 1 aromatic heterocycles. The Balaban J connectivity index is 2.78. The molecule has 0 bridgehead atoms. The Hall–Kier alpha value is -2.42. The fraction of sp³-hybridized carbons (Fsp3) is 0.353. The van der Waals surface area contributed by atoms with Crippen molar-refractivity contribution in [1.82, 2.24) is 0 Å². The zero-order valence-electron chi connectivity index (χ0n) is 14.6. The van der Waals surface area contributed by atoms with Crippen molar-refractivity contribution in [3.63, 3.8) is 0 Å². The SMILES string of the molecule is CCC(S)C(C(=O)S)C(C(N)=O)c1c(C)c2ccc(N=[N+]=[N-])cc2oc1=O. The van der Waals surface area contributed by atoms with Crippen molar-refractivity contribution < 1.29 is 14.0 Å². The number of benzene rings is 1. The minimum atomic E-state index is -1.23. The first-order valence-corrected chi connectivity index (χ1v) is 9.01. The highest BCUT2D eigenvalue weighted by molar-refractivity contribution is 7.96. The molecule has 0 radical (unpaired) electrons. The molecule has 0 fully saturated rings. The van der Waals surface area contributed by atoms with Crippen molar-refractivity contribution in [2.75, 3.05) is 0 Å². The van der Waals surface area contributed by atoms with E-state index in [2.05, 4.69) is 35.3 Å². The third kappa shape index (κ3) is 4.13. The molecule has 0 aliphatic carbocycles. The molecule has 1 heterocycles. The van der Waals surface area contributed by atoms with Crippen LogP contribution in [0.4, 0.5) is 5.69 Å². The van der Waals surface area contributed by atoms with E-state index < -0.39 is 33.7 Å². The molecule has 1 aromatic carbocycles. The van der Waals surface area contributed by atoms with E-state index in [0.717, 1.165) is 0 Å². The first-order valence-electron chi connectivity index (χ1n) is 8.05. The lowest BCUT2D eigenvalue weighted by atomic mass is 9.81. The molecule has 1 amide bonds. The summed E-state index contributed by atoms with van der Waals surface area (Å²) in [7, 11) is 0. The number of thiol groups is 2. The van der Waals surface area contributed by atoms with Crippen LogP contribution < -0.4 is 11.4 Å². The second-order valence-corrected chi connectivity index (χ2v) is 7.12. The maximum atomic E-state index is 12.7. The summed E-state index contributed by atoms with van der Waals surface area (Å²) >= 11 is 8.25. The summed E-state index contributed by atoms with van der Waals surface area (Å²) in [6.45, 7) is 3.43. The topological polar surface area (TPSA) is 139 Å². The number of fused-ring (bicyclic) bond motifs is 1. The monoisotopic (exact) mass is 406 g/mol. The summed E-state index contributed by atoms with van der Waals surface area (Å²) in [6.07, 6.45) is 0.470. The molecule has 0 aliphatic rings. The van der Waals surface area contributed by atoms with Gasteiger partial charge in [0.05, 0.1) is 17.4 Å². The third-order valence-electron chi connectivity index (χ3n) is 4.45. The van der Waals surface area contributed by atoms with Gasteiger partial charge in [-0.3, -0.25) is 9.59 Å². The molecule has 142 valence electrons. The lowest BCUT2D eigenvalue weighted by Gasteiger charge is -2.27. The fourth-order valence-electron chi connectivity index (χ4n) is 3.11. The lowest BCUT2D eigenvalue weighted by Crippen LogP contribution is -2.39. The van der Waals surface area contributed by atoms with Crippen molar-refractivity contribution in [3.05, 3.63) is 50.2 Å². The number of primary amides is 1. The van der Waals surface area contributed by atoms with Crippen LogP contribution >= 0.6 is 25.3 Å². The quantitative estimate of drug-likeness (QED) is 0.213. The summed E-state index contributed by atoms with van der Waals surface area (Å²) in [5.41, 5.74) is 14.2. The number of nitrogens with zero attached hydrogens (tertiary/aromatic N) is 3. The van der Waals surface area contributed by atoms with Crippen LogP contribution in [0.1, 0.15) is 30.4 Å². The Labute approximate surface area is 165 Å². The van der Waals surface area contributed by atoms with Crippen molar-refractivity contribution in [2.45, 2.75) is 31.4 Å². The largest absolute Gasteiger partial charge is 0.422 e. The van der Waals surface area contributed by atoms with Gasteiger partial charge in [-0.1, -0.05) is 24.2 Å². The molecule has 27 heavy (non-hydrogen) atoms. The van der Waals surface area contributed by atoms with E-state index in [4.69, 9.17) is 15.7 Å². The van der Waals surface area contributed by atoms with Crippen LogP contribution in [0.15, 0.2) is 32.5 Å². The zero-order chi connectivity index (χ0) is 20.3. The van der Waals surface area contributed by atoms with E-state index in [1.807, 2.05) is 0 Å². The number of carbonyl (C=O) groups excluding carboxylic acids is 2. The van der Waals surface area contributed by atoms with Gasteiger partial charge in [-0.05, 0) is 30.5 Å². The molecular weight excluding hydrogens is 388 g/mol. The number of amides is 1. The standard InChI is InChI=1S/C17H18N4O4S2/c1-3-11(26)13(17(24)27)14(15(18)22)12-7(2)9-5-4-8(20-21-19)6-10(9)25-16(12)23/h4-6,11,13-14,26H,3H2,1-2H3,(H2,18,22)(H,24,27). The van der Waals surface area contributed by atoms with Gasteiger partial charge in [-0.2, -0.15) is 12.6 Å². The molecule has 2 N–H and O–H groups in total. The van der Waals surface area contributed by atoms with E-state index in [0.29, 0.717) is 17.4 Å². The van der Waals surface area contributed by atoms with Crippen LogP contribution in [0, 0.1) is 12.8 Å². The maximum absolute atomic E-state index is 12.7. The molecule has 10 heteroatoms. The van der Waals surface area contributed by atoms with Crippen molar-refractivity contribution in [1.29, 1.82) is 0 Å². The fourth-order valence-corrected chi connectivity index (χ4v) is 3.87. The molecule has 8 nitrogen and oxygen atoms in total. The highest BCUT2D eigenvalue weighted by atomic mass is 32.1. The summed E-state index contributed by atoms with van der Waals surface area (Å²) in [5.74, 6) is -3.05. The molecule has 0 saturated heterocycles. The number of hydrogen-bond acceptors (Lipinski definition) is 6. The summed E-state index contributed by atoms with van der Waals surface area (Å²) in [6, 6.07) is 4.57. The highest BCUT2D eigenvalue weighted by Gasteiger charge is 2.39. The molecule has 2 aromatic rings. The maximum Gasteiger partial charge on any atom is 0.340 e. The summed E-state index contributed by atoms with van der Waals surface area (Å²) in [4.78, 5) is 39.7. The average molecular weight is 406 g/mol. The van der Waals surface area contributed by atoms with Crippen LogP contribution in [-0.2, 0) is 9.59 Å². The molecular formula is C17H18N4O4S2. The minimum Gasteiger partial charge on any atom is -0.422 e. The number of nitrogens with two attached hydrogens (primary N) is 1. The Morgan fingerprint density at radius 3 is 2.59 bits per heavy atom. The third-order valence-corrected chi connectivity index (χ3v) is 5.44. The Morgan fingerprint density at radius 2 is 2.07 bits per heavy atom. The van der Waals surface area contributed by atoms with Crippen molar-refractivity contribution in [3.8, 4) is 0 Å². The predicted molar refractivity (Wildman–Crippen MR) is 109 cm³/mol. The Kier molecular flexibility index (Phi) is 6.59. The normalized spacial score (nSPS) is 14.2. The Morgan fingerprint density at radius 1 is 1.41 bits per heavy atom. The van der Waals surface area contributed by atoms with Crippen LogP contribution in [0.2, 0.25) is 0 Å². The second kappa shape index (κ2) is 8.51. The first-order chi connectivity index (χ1) is 12.7. The van der Waals surface area contributed by atoms with Gasteiger partial charge in [-0.25, -0.2) is 4.79 Å². The van der Waals surface area contributed by atoms with Gasteiger partial charge in [0.2, 0.25) is 5.91 Å². The second-order valence-electron chi connectivity index (χ2n) is 6.02. The average Bonchev–Trinajstić information content (AvgIpc) is 2.59. The van der Waals surface area contributed by atoms with Gasteiger partial charge in [0.1, 0.15) is 5.58 Å². The number of aryl methyl sites for hydroxylation is 1. The smallest absolute Gasteiger partial charge is 0.340 e. The van der Waals surface area contributed by atoms with Gasteiger partial charge < -0.3 is 10.2 Å². The van der Waals surface area contributed by atoms with Crippen LogP contribution in [0.5, 0.6) is 0 Å². The lowest BCUT2D eigenvalue weighted by molar-refractivity contribution is -0.125. The van der Waals surface area contributed by atoms with E-state index in [1.165, 1.54) is 6.07 Å². The van der Waals surface area contributed by atoms with E-state index in [9.17, 15) is 14.4 Å². The van der Waals surface area contributed by atoms with Crippen LogP contribution in [-0.4, -0.2) is 16.3 Å². The number of hydrogen-bond donors (Lipinski definition) is 3. The molecule has 3 atom stereocenters. The van der Waals surface area contributed by atoms with Crippen LogP contribution in [0.3, 0.4) is 0 Å². The number of azide groups is 1. The van der Waals surface area contributed by atoms with Gasteiger partial charge in [-0.15, -0.1) is 12.6 Å². The van der Waals surface area contributed by atoms with E-state index in [-0.39, 0.29) is 16.8 Å². The van der Waals surface area contributed by atoms with E-state index in [1.54, 1.807) is 26.0 Å². The van der Waals surface area contributed by atoms with Gasteiger partial charge >= 0.3 is 5.63 Å². The molecule has 3 unspecified atom stereocenters. The van der Waals surface area contributed by atoms with E-state index >= 15 is 0 Å². The number of carbonyl (C=O) groups is 2. The molecule has 0 spiro atoms. The molecule has 2 rings (SSSR count). The molecule has 0 aliphatic heterocycles. The molecule has 0 saturated carbocycles. The minimum absolute atomic E-state index is 0.00596.